The van der Waals surface area contributed by atoms with Crippen LogP contribution in [0, 0.1) is 11.8 Å². The van der Waals surface area contributed by atoms with Gasteiger partial charge in [-0.15, -0.1) is 0 Å². The van der Waals surface area contributed by atoms with Crippen LogP contribution < -0.4 is 0 Å². The summed E-state index contributed by atoms with van der Waals surface area (Å²) < 4.78 is 0. The third-order valence-electron chi connectivity index (χ3n) is 3.05. The van der Waals surface area contributed by atoms with Crippen LogP contribution in [-0.4, -0.2) is 25.0 Å². The zero-order valence-corrected chi connectivity index (χ0v) is 11.5. The van der Waals surface area contributed by atoms with Crippen molar-refractivity contribution in [3.63, 3.8) is 0 Å². The van der Waals surface area contributed by atoms with Crippen molar-refractivity contribution in [2.24, 2.45) is 0 Å². The second-order valence-electron chi connectivity index (χ2n) is 4.80. The van der Waals surface area contributed by atoms with Gasteiger partial charge in [0.1, 0.15) is 0 Å². The largest absolute Gasteiger partial charge is 0.296 e. The van der Waals surface area contributed by atoms with Crippen molar-refractivity contribution < 1.29 is 0 Å². The van der Waals surface area contributed by atoms with E-state index < -0.39 is 0 Å². The van der Waals surface area contributed by atoms with Gasteiger partial charge in [-0.2, -0.15) is 0 Å². The number of hydrogen-bond donors (Lipinski definition) is 0. The van der Waals surface area contributed by atoms with Crippen LogP contribution in [0.2, 0.25) is 0 Å². The molecular weight excluding hydrogens is 230 g/mol. The third kappa shape index (κ3) is 4.28. The van der Waals surface area contributed by atoms with E-state index >= 15 is 0 Å². The number of hydrogen-bond acceptors (Lipinski definition) is 1. The van der Waals surface area contributed by atoms with Gasteiger partial charge in [-0.25, -0.2) is 0 Å². The quantitative estimate of drug-likeness (QED) is 0.755. The van der Waals surface area contributed by atoms with Crippen molar-refractivity contribution >= 4 is 0 Å². The van der Waals surface area contributed by atoms with Gasteiger partial charge in [0.05, 0.1) is 6.04 Å². The van der Waals surface area contributed by atoms with E-state index in [1.165, 1.54) is 5.56 Å². The molecule has 0 aliphatic carbocycles. The van der Waals surface area contributed by atoms with Crippen LogP contribution in [0.3, 0.4) is 0 Å². The normalized spacial score (nSPS) is 11.7. The highest BCUT2D eigenvalue weighted by Gasteiger charge is 2.08. The third-order valence-corrected chi connectivity index (χ3v) is 3.05. The van der Waals surface area contributed by atoms with Crippen LogP contribution in [0.4, 0.5) is 0 Å². The zero-order chi connectivity index (χ0) is 13.5. The molecule has 0 amide bonds. The van der Waals surface area contributed by atoms with Crippen LogP contribution in [0.5, 0.6) is 0 Å². The highest BCUT2D eigenvalue weighted by atomic mass is 15.1. The Labute approximate surface area is 115 Å². The average Bonchev–Trinajstić information content (AvgIpc) is 2.45. The minimum Gasteiger partial charge on any atom is -0.296 e. The molecule has 0 aliphatic heterocycles. The molecule has 0 radical (unpaired) electrons. The van der Waals surface area contributed by atoms with Crippen molar-refractivity contribution in [3.05, 3.63) is 71.8 Å². The van der Waals surface area contributed by atoms with Gasteiger partial charge in [0, 0.05) is 5.56 Å². The second-order valence-corrected chi connectivity index (χ2v) is 4.80. The Bertz CT molecular complexity index is 546. The summed E-state index contributed by atoms with van der Waals surface area (Å²) in [6.45, 7) is 0. The van der Waals surface area contributed by atoms with Crippen molar-refractivity contribution in [1.29, 1.82) is 0 Å². The molecular formula is C18H19N. The smallest absolute Gasteiger partial charge is 0.0754 e. The molecule has 1 atom stereocenters. The maximum atomic E-state index is 3.36. The molecule has 0 heterocycles. The fourth-order valence-corrected chi connectivity index (χ4v) is 1.89. The first-order valence-corrected chi connectivity index (χ1v) is 6.52. The first kappa shape index (κ1) is 13.4. The van der Waals surface area contributed by atoms with E-state index in [0.29, 0.717) is 0 Å². The minimum absolute atomic E-state index is 0.239. The molecule has 2 rings (SSSR count). The fourth-order valence-electron chi connectivity index (χ4n) is 1.89. The summed E-state index contributed by atoms with van der Waals surface area (Å²) >= 11 is 0. The highest BCUT2D eigenvalue weighted by molar-refractivity contribution is 5.35. The molecule has 2 aromatic carbocycles. The Hall–Kier alpha value is -2.04. The van der Waals surface area contributed by atoms with E-state index in [9.17, 15) is 0 Å². The molecule has 0 spiro atoms. The summed E-state index contributed by atoms with van der Waals surface area (Å²) in [5, 5.41) is 0. The Morgan fingerprint density at radius 1 is 0.895 bits per heavy atom. The van der Waals surface area contributed by atoms with Crippen molar-refractivity contribution in [2.75, 3.05) is 14.1 Å². The summed E-state index contributed by atoms with van der Waals surface area (Å²) in [6.07, 6.45) is 0.952. The van der Waals surface area contributed by atoms with E-state index in [2.05, 4.69) is 55.1 Å². The maximum Gasteiger partial charge on any atom is 0.0754 e. The molecule has 2 aromatic rings. The van der Waals surface area contributed by atoms with Gasteiger partial charge in [0.25, 0.3) is 0 Å². The Kier molecular flexibility index (Phi) is 4.78. The monoisotopic (exact) mass is 249 g/mol. The minimum atomic E-state index is 0.239. The molecule has 0 bridgehead atoms. The topological polar surface area (TPSA) is 3.24 Å². The molecule has 1 unspecified atom stereocenters. The van der Waals surface area contributed by atoms with E-state index in [0.717, 1.165) is 12.0 Å². The highest BCUT2D eigenvalue weighted by Crippen LogP contribution is 2.06. The van der Waals surface area contributed by atoms with Crippen LogP contribution in [0.25, 0.3) is 0 Å². The summed E-state index contributed by atoms with van der Waals surface area (Å²) in [7, 11) is 4.15. The van der Waals surface area contributed by atoms with Crippen molar-refractivity contribution in [3.8, 4) is 11.8 Å². The predicted molar refractivity (Wildman–Crippen MR) is 80.9 cm³/mol. The Morgan fingerprint density at radius 2 is 1.47 bits per heavy atom. The molecule has 0 aliphatic rings. The average molecular weight is 249 g/mol. The lowest BCUT2D eigenvalue weighted by atomic mass is 10.1. The van der Waals surface area contributed by atoms with Gasteiger partial charge in [0.15, 0.2) is 0 Å². The van der Waals surface area contributed by atoms with E-state index in [1.807, 2.05) is 36.4 Å². The van der Waals surface area contributed by atoms with Crippen molar-refractivity contribution in [1.82, 2.24) is 4.90 Å². The fraction of sp³-hybridized carbons (Fsp3) is 0.222. The molecule has 0 N–H and O–H groups in total. The molecule has 0 fully saturated rings. The molecule has 0 saturated carbocycles. The number of nitrogens with zero attached hydrogens (tertiary/aromatic N) is 1. The molecule has 1 nitrogen and oxygen atoms in total. The van der Waals surface area contributed by atoms with Gasteiger partial charge >= 0.3 is 0 Å². The Morgan fingerprint density at radius 3 is 2.05 bits per heavy atom. The van der Waals surface area contributed by atoms with Crippen molar-refractivity contribution in [2.45, 2.75) is 12.5 Å². The number of benzene rings is 2. The second kappa shape index (κ2) is 6.78. The number of likely N-dealkylation sites (N-methyl/N-ethyl adjacent to an activating group) is 1. The molecule has 19 heavy (non-hydrogen) atoms. The van der Waals surface area contributed by atoms with E-state index in [1.54, 1.807) is 0 Å². The first-order valence-electron chi connectivity index (χ1n) is 6.52. The Balaban J connectivity index is 2.12. The molecule has 96 valence electrons. The van der Waals surface area contributed by atoms with Crippen LogP contribution in [0.15, 0.2) is 60.7 Å². The van der Waals surface area contributed by atoms with Gasteiger partial charge in [-0.1, -0.05) is 60.4 Å². The van der Waals surface area contributed by atoms with Crippen LogP contribution in [0.1, 0.15) is 11.1 Å². The van der Waals surface area contributed by atoms with Crippen LogP contribution in [-0.2, 0) is 6.42 Å². The zero-order valence-electron chi connectivity index (χ0n) is 11.5. The predicted octanol–water partition coefficient (Wildman–Crippen LogP) is 3.21. The van der Waals surface area contributed by atoms with Gasteiger partial charge < -0.3 is 0 Å². The van der Waals surface area contributed by atoms with Gasteiger partial charge in [-0.05, 0) is 38.2 Å². The summed E-state index contributed by atoms with van der Waals surface area (Å²) in [6, 6.07) is 20.9. The lowest BCUT2D eigenvalue weighted by Gasteiger charge is -2.18. The SMILES string of the molecule is CN(C)C(C#Cc1ccccc1)Cc1ccccc1. The van der Waals surface area contributed by atoms with Gasteiger partial charge in [-0.3, -0.25) is 4.90 Å². The molecule has 0 saturated heterocycles. The standard InChI is InChI=1S/C18H19N/c1-19(2)18(15-17-11-7-4-8-12-17)14-13-16-9-5-3-6-10-16/h3-12,18H,15H2,1-2H3. The lowest BCUT2D eigenvalue weighted by molar-refractivity contribution is 0.351. The summed E-state index contributed by atoms with van der Waals surface area (Å²) in [5.41, 5.74) is 2.39. The van der Waals surface area contributed by atoms with Gasteiger partial charge in [0.2, 0.25) is 0 Å². The molecule has 0 aromatic heterocycles. The lowest BCUT2D eigenvalue weighted by Crippen LogP contribution is -2.28. The summed E-state index contributed by atoms with van der Waals surface area (Å²) in [4.78, 5) is 2.17. The van der Waals surface area contributed by atoms with E-state index in [4.69, 9.17) is 0 Å². The summed E-state index contributed by atoms with van der Waals surface area (Å²) in [5.74, 6) is 6.61. The first-order chi connectivity index (χ1) is 9.25. The maximum absolute atomic E-state index is 3.36. The van der Waals surface area contributed by atoms with Crippen LogP contribution >= 0.6 is 0 Å². The number of rotatable bonds is 3. The van der Waals surface area contributed by atoms with E-state index in [-0.39, 0.29) is 6.04 Å². The molecule has 1 heteroatoms.